The van der Waals surface area contributed by atoms with Crippen LogP contribution in [0.15, 0.2) is 63.8 Å². The standard InChI is InChI=1S/C30H26O14/c1-12-23(37)28(43-21(36)7-4-13-2-5-15(31)6-3-13)26(40)30(41-12)44-29-25(39)22-17(33)10-16(32)11-20(22)42-27(29)14-8-18(34)24(38)19(35)9-14/h2-12,23,26,28,30-35,37-38,40H,1H3/b7-4+/t12-,23-,26+,28+,30-/m0/s1. The minimum atomic E-state index is -1.90. The van der Waals surface area contributed by atoms with Gasteiger partial charge in [0, 0.05) is 23.8 Å². The van der Waals surface area contributed by atoms with Crippen LogP contribution in [0.2, 0.25) is 0 Å². The number of hydrogen-bond donors (Lipinski definition) is 8. The lowest BCUT2D eigenvalue weighted by Crippen LogP contribution is -2.59. The number of aliphatic hydroxyl groups is 2. The van der Waals surface area contributed by atoms with Gasteiger partial charge in [0.1, 0.15) is 34.3 Å². The van der Waals surface area contributed by atoms with Crippen molar-refractivity contribution in [1.29, 1.82) is 0 Å². The first-order valence-electron chi connectivity index (χ1n) is 13.0. The van der Waals surface area contributed by atoms with Crippen LogP contribution in [0, 0.1) is 0 Å². The molecule has 0 saturated carbocycles. The molecule has 44 heavy (non-hydrogen) atoms. The lowest BCUT2D eigenvalue weighted by atomic mass is 9.99. The fourth-order valence-corrected chi connectivity index (χ4v) is 4.57. The van der Waals surface area contributed by atoms with Crippen molar-refractivity contribution in [3.8, 4) is 51.6 Å². The summed E-state index contributed by atoms with van der Waals surface area (Å²) in [6.07, 6.45) is -5.57. The van der Waals surface area contributed by atoms with E-state index in [2.05, 4.69) is 0 Å². The van der Waals surface area contributed by atoms with Crippen molar-refractivity contribution < 1.29 is 64.3 Å². The number of phenols is 6. The number of aromatic hydroxyl groups is 6. The molecule has 14 nitrogen and oxygen atoms in total. The van der Waals surface area contributed by atoms with E-state index in [1.807, 2.05) is 0 Å². The van der Waals surface area contributed by atoms with Gasteiger partial charge >= 0.3 is 5.97 Å². The molecule has 1 aromatic heterocycles. The lowest BCUT2D eigenvalue weighted by molar-refractivity contribution is -0.271. The molecule has 8 N–H and O–H groups in total. The van der Waals surface area contributed by atoms with Crippen molar-refractivity contribution in [2.75, 3.05) is 0 Å². The quantitative estimate of drug-likeness (QED) is 0.0887. The Hall–Kier alpha value is -5.44. The Morgan fingerprint density at radius 1 is 0.864 bits per heavy atom. The Labute approximate surface area is 247 Å². The molecule has 1 aliphatic rings. The molecule has 0 radical (unpaired) electrons. The summed E-state index contributed by atoms with van der Waals surface area (Å²) in [5.41, 5.74) is -1.04. The molecule has 14 heteroatoms. The third kappa shape index (κ3) is 5.76. The normalized spacial score (nSPS) is 21.8. The van der Waals surface area contributed by atoms with Gasteiger partial charge in [0.15, 0.2) is 35.2 Å². The highest BCUT2D eigenvalue weighted by atomic mass is 16.7. The predicted molar refractivity (Wildman–Crippen MR) is 150 cm³/mol. The second kappa shape index (κ2) is 11.7. The zero-order chi connectivity index (χ0) is 31.9. The van der Waals surface area contributed by atoms with Crippen molar-refractivity contribution in [3.63, 3.8) is 0 Å². The zero-order valence-corrected chi connectivity index (χ0v) is 22.7. The Kier molecular flexibility index (Phi) is 7.97. The topological polar surface area (TPSA) is 237 Å². The van der Waals surface area contributed by atoms with Gasteiger partial charge in [0.25, 0.3) is 0 Å². The molecule has 2 heterocycles. The largest absolute Gasteiger partial charge is 0.508 e. The summed E-state index contributed by atoms with van der Waals surface area (Å²) in [6.45, 7) is 1.38. The molecule has 0 unspecified atom stereocenters. The maximum absolute atomic E-state index is 13.6. The summed E-state index contributed by atoms with van der Waals surface area (Å²) in [5.74, 6) is -5.77. The third-order valence-electron chi connectivity index (χ3n) is 6.82. The van der Waals surface area contributed by atoms with E-state index in [-0.39, 0.29) is 16.9 Å². The van der Waals surface area contributed by atoms with Crippen molar-refractivity contribution in [2.24, 2.45) is 0 Å². The van der Waals surface area contributed by atoms with Gasteiger partial charge in [-0.05, 0) is 42.8 Å². The average Bonchev–Trinajstić information content (AvgIpc) is 2.97. The fraction of sp³-hybridized carbons (Fsp3) is 0.200. The van der Waals surface area contributed by atoms with Gasteiger partial charge in [-0.2, -0.15) is 0 Å². The van der Waals surface area contributed by atoms with Gasteiger partial charge in [-0.15, -0.1) is 0 Å². The first kappa shape index (κ1) is 30.0. The first-order valence-corrected chi connectivity index (χ1v) is 13.0. The highest BCUT2D eigenvalue weighted by Gasteiger charge is 2.47. The third-order valence-corrected chi connectivity index (χ3v) is 6.82. The second-order valence-corrected chi connectivity index (χ2v) is 9.93. The number of benzene rings is 3. The Balaban J connectivity index is 1.51. The van der Waals surface area contributed by atoms with E-state index >= 15 is 0 Å². The fourth-order valence-electron chi connectivity index (χ4n) is 4.57. The zero-order valence-electron chi connectivity index (χ0n) is 22.7. The lowest BCUT2D eigenvalue weighted by Gasteiger charge is -2.40. The summed E-state index contributed by atoms with van der Waals surface area (Å²) < 4.78 is 22.3. The SMILES string of the molecule is C[C@@H]1O[C@@H](Oc2c(-c3cc(O)c(O)c(O)c3)oc3cc(O)cc(O)c3c2=O)[C@H](O)[C@H](OC(=O)/C=C/c2ccc(O)cc2)[C@H]1O. The molecule has 0 amide bonds. The van der Waals surface area contributed by atoms with Crippen LogP contribution in [0.3, 0.4) is 0 Å². The average molecular weight is 611 g/mol. The molecule has 5 rings (SSSR count). The maximum atomic E-state index is 13.6. The summed E-state index contributed by atoms with van der Waals surface area (Å²) >= 11 is 0. The van der Waals surface area contributed by atoms with Crippen LogP contribution in [-0.4, -0.2) is 77.5 Å². The van der Waals surface area contributed by atoms with Crippen LogP contribution in [-0.2, 0) is 14.3 Å². The Bertz CT molecular complexity index is 1790. The van der Waals surface area contributed by atoms with Gasteiger partial charge in [-0.25, -0.2) is 4.79 Å². The summed E-state index contributed by atoms with van der Waals surface area (Å²) in [5, 5.41) is 80.9. The smallest absolute Gasteiger partial charge is 0.331 e. The van der Waals surface area contributed by atoms with E-state index in [1.165, 1.54) is 37.3 Å². The van der Waals surface area contributed by atoms with Crippen molar-refractivity contribution in [2.45, 2.75) is 37.6 Å². The number of hydrogen-bond acceptors (Lipinski definition) is 14. The van der Waals surface area contributed by atoms with Gasteiger partial charge in [0.05, 0.1) is 6.10 Å². The van der Waals surface area contributed by atoms with Gasteiger partial charge in [-0.1, -0.05) is 12.1 Å². The molecule has 3 aromatic carbocycles. The molecular weight excluding hydrogens is 584 g/mol. The number of carbonyl (C=O) groups is 1. The molecular formula is C30H26O14. The van der Waals surface area contributed by atoms with Gasteiger partial charge in [0.2, 0.25) is 17.5 Å². The van der Waals surface area contributed by atoms with Crippen LogP contribution >= 0.6 is 0 Å². The van der Waals surface area contributed by atoms with Crippen molar-refractivity contribution in [3.05, 3.63) is 70.4 Å². The number of phenolic OH excluding ortho intramolecular Hbond substituents is 6. The molecule has 1 saturated heterocycles. The van der Waals surface area contributed by atoms with Crippen LogP contribution in [0.1, 0.15) is 12.5 Å². The van der Waals surface area contributed by atoms with Crippen LogP contribution in [0.4, 0.5) is 0 Å². The number of carbonyl (C=O) groups excluding carboxylic acids is 1. The predicted octanol–water partition coefficient (Wildman–Crippen LogP) is 2.16. The molecule has 0 spiro atoms. The molecule has 5 atom stereocenters. The first-order chi connectivity index (χ1) is 20.8. The second-order valence-electron chi connectivity index (χ2n) is 9.93. The minimum absolute atomic E-state index is 0.0224. The van der Waals surface area contributed by atoms with Crippen molar-refractivity contribution >= 4 is 23.0 Å². The summed E-state index contributed by atoms with van der Waals surface area (Å²) in [7, 11) is 0. The number of ether oxygens (including phenoxy) is 3. The van der Waals surface area contributed by atoms with E-state index in [0.29, 0.717) is 5.56 Å². The molecule has 230 valence electrons. The van der Waals surface area contributed by atoms with Crippen LogP contribution in [0.25, 0.3) is 28.4 Å². The highest BCUT2D eigenvalue weighted by Crippen LogP contribution is 2.43. The van der Waals surface area contributed by atoms with Crippen LogP contribution < -0.4 is 10.2 Å². The van der Waals surface area contributed by atoms with Gasteiger partial charge < -0.3 is 59.5 Å². The van der Waals surface area contributed by atoms with E-state index < -0.39 is 87.7 Å². The number of rotatable bonds is 6. The monoisotopic (exact) mass is 610 g/mol. The van der Waals surface area contributed by atoms with E-state index in [1.54, 1.807) is 0 Å². The molecule has 1 aliphatic heterocycles. The number of esters is 1. The highest BCUT2D eigenvalue weighted by molar-refractivity contribution is 5.89. The van der Waals surface area contributed by atoms with Crippen LogP contribution in [0.5, 0.6) is 40.2 Å². The number of fused-ring (bicyclic) bond motifs is 1. The molecule has 1 fully saturated rings. The summed E-state index contributed by atoms with van der Waals surface area (Å²) in [6, 6.07) is 9.59. The molecule has 4 aromatic rings. The van der Waals surface area contributed by atoms with E-state index in [9.17, 15) is 50.4 Å². The van der Waals surface area contributed by atoms with E-state index in [0.717, 1.165) is 30.3 Å². The molecule has 0 bridgehead atoms. The van der Waals surface area contributed by atoms with Gasteiger partial charge in [-0.3, -0.25) is 4.79 Å². The maximum Gasteiger partial charge on any atom is 0.331 e. The number of aliphatic hydroxyl groups excluding tert-OH is 2. The minimum Gasteiger partial charge on any atom is -0.508 e. The summed E-state index contributed by atoms with van der Waals surface area (Å²) in [4.78, 5) is 26.2. The Morgan fingerprint density at radius 2 is 1.52 bits per heavy atom. The van der Waals surface area contributed by atoms with Crippen molar-refractivity contribution in [1.82, 2.24) is 0 Å². The van der Waals surface area contributed by atoms with E-state index in [4.69, 9.17) is 18.6 Å². The molecule has 0 aliphatic carbocycles. The Morgan fingerprint density at radius 3 is 2.18 bits per heavy atom.